The summed E-state index contributed by atoms with van der Waals surface area (Å²) < 4.78 is 71.2. The minimum absolute atomic E-state index is 0.0266. The first kappa shape index (κ1) is 27.7. The molecule has 0 spiro atoms. The van der Waals surface area contributed by atoms with Crippen molar-refractivity contribution in [2.45, 2.75) is 32.5 Å². The standard InChI is InChI=1S/C23H21F5N8O3/c1-12-4-13(8-32-7-12)35-21(37)20(36(31)18-6-16(25)15(24)5-17(18)30)19(34(3-2-29)22(35)38)11-33-9-14(10-33)39-23(26,27)28/h4-8,14H,3,9-11,30-31H2,1H3. The van der Waals surface area contributed by atoms with Gasteiger partial charge in [-0.25, -0.2) is 24.0 Å². The number of nitrogens with two attached hydrogens (primary N) is 2. The maximum absolute atomic E-state index is 14.1. The van der Waals surface area contributed by atoms with Crippen molar-refractivity contribution in [3.05, 3.63) is 74.3 Å². The molecule has 4 N–H and O–H groups in total. The summed E-state index contributed by atoms with van der Waals surface area (Å²) in [6.07, 6.45) is -3.36. The maximum Gasteiger partial charge on any atom is 0.522 e. The Kier molecular flexibility index (Phi) is 7.41. The molecule has 1 fully saturated rings. The van der Waals surface area contributed by atoms with Crippen molar-refractivity contribution in [1.29, 1.82) is 5.26 Å². The van der Waals surface area contributed by atoms with Gasteiger partial charge in [-0.3, -0.25) is 29.0 Å². The normalized spacial score (nSPS) is 14.2. The van der Waals surface area contributed by atoms with Gasteiger partial charge in [0, 0.05) is 38.0 Å². The van der Waals surface area contributed by atoms with Crippen LogP contribution >= 0.6 is 0 Å². The van der Waals surface area contributed by atoms with Crippen LogP contribution in [0, 0.1) is 29.9 Å². The summed E-state index contributed by atoms with van der Waals surface area (Å²) in [7, 11) is 0. The monoisotopic (exact) mass is 552 g/mol. The van der Waals surface area contributed by atoms with Gasteiger partial charge in [0.15, 0.2) is 11.6 Å². The molecule has 1 aliphatic heterocycles. The van der Waals surface area contributed by atoms with Gasteiger partial charge in [-0.05, 0) is 18.6 Å². The zero-order valence-corrected chi connectivity index (χ0v) is 20.2. The number of nitrogens with zero attached hydrogens (tertiary/aromatic N) is 6. The molecule has 1 aromatic carbocycles. The Labute approximate surface area is 216 Å². The summed E-state index contributed by atoms with van der Waals surface area (Å²) in [5.41, 5.74) is 3.15. The molecule has 3 aromatic rings. The van der Waals surface area contributed by atoms with Gasteiger partial charge in [0.2, 0.25) is 0 Å². The second kappa shape index (κ2) is 10.4. The summed E-state index contributed by atoms with van der Waals surface area (Å²) in [4.78, 5) is 32.7. The molecule has 0 atom stereocenters. The summed E-state index contributed by atoms with van der Waals surface area (Å²) in [6, 6.07) is 4.56. The van der Waals surface area contributed by atoms with Crippen LogP contribution < -0.4 is 27.8 Å². The molecule has 0 bridgehead atoms. The van der Waals surface area contributed by atoms with Crippen molar-refractivity contribution in [2.24, 2.45) is 5.84 Å². The number of halogens is 5. The van der Waals surface area contributed by atoms with E-state index in [1.807, 2.05) is 0 Å². The van der Waals surface area contributed by atoms with E-state index in [9.17, 15) is 36.8 Å². The minimum Gasteiger partial charge on any atom is -0.397 e. The zero-order valence-electron chi connectivity index (χ0n) is 20.2. The smallest absolute Gasteiger partial charge is 0.397 e. The number of pyridine rings is 1. The number of anilines is 3. The number of hydrogen-bond donors (Lipinski definition) is 2. The van der Waals surface area contributed by atoms with E-state index in [0.717, 1.165) is 4.57 Å². The number of aromatic nitrogens is 3. The quantitative estimate of drug-likeness (QED) is 0.194. The van der Waals surface area contributed by atoms with Gasteiger partial charge in [-0.15, -0.1) is 13.2 Å². The van der Waals surface area contributed by atoms with Crippen molar-refractivity contribution in [1.82, 2.24) is 19.0 Å². The Morgan fingerprint density at radius 1 is 1.18 bits per heavy atom. The molecular formula is C23H21F5N8O3. The molecule has 1 aliphatic rings. The van der Waals surface area contributed by atoms with Gasteiger partial charge in [-0.1, -0.05) is 0 Å². The van der Waals surface area contributed by atoms with Gasteiger partial charge in [-0.2, -0.15) is 5.26 Å². The first-order chi connectivity index (χ1) is 18.3. The molecule has 16 heteroatoms. The average molecular weight is 552 g/mol. The molecule has 3 heterocycles. The molecule has 206 valence electrons. The van der Waals surface area contributed by atoms with E-state index < -0.39 is 47.6 Å². The number of benzene rings is 1. The zero-order chi connectivity index (χ0) is 28.6. The molecule has 2 aromatic heterocycles. The fourth-order valence-corrected chi connectivity index (χ4v) is 4.21. The lowest BCUT2D eigenvalue weighted by Gasteiger charge is -2.39. The van der Waals surface area contributed by atoms with Crippen molar-refractivity contribution >= 4 is 17.1 Å². The number of hydrazine groups is 1. The highest BCUT2D eigenvalue weighted by Crippen LogP contribution is 2.31. The number of hydrogen-bond acceptors (Lipinski definition) is 9. The highest BCUT2D eigenvalue weighted by atomic mass is 19.4. The van der Waals surface area contributed by atoms with Crippen LogP contribution in [0.2, 0.25) is 0 Å². The highest BCUT2D eigenvalue weighted by molar-refractivity contribution is 5.74. The molecule has 0 amide bonds. The van der Waals surface area contributed by atoms with E-state index in [1.165, 1.54) is 23.4 Å². The Morgan fingerprint density at radius 2 is 1.85 bits per heavy atom. The van der Waals surface area contributed by atoms with Gasteiger partial charge in [0.1, 0.15) is 12.2 Å². The SMILES string of the molecule is Cc1cncc(-n2c(=O)c(N(N)c3cc(F)c(F)cc3N)c(CN3CC(OC(F)(F)F)C3)n(CC#N)c2=O)c1. The van der Waals surface area contributed by atoms with Crippen LogP contribution in [0.25, 0.3) is 5.69 Å². The van der Waals surface area contributed by atoms with E-state index in [0.29, 0.717) is 27.3 Å². The van der Waals surface area contributed by atoms with Crippen LogP contribution in [-0.4, -0.2) is 44.6 Å². The Balaban J connectivity index is 1.92. The number of aryl methyl sites for hydroxylation is 1. The van der Waals surface area contributed by atoms with E-state index in [1.54, 1.807) is 13.0 Å². The fourth-order valence-electron chi connectivity index (χ4n) is 4.21. The van der Waals surface area contributed by atoms with Crippen molar-refractivity contribution in [3.8, 4) is 11.8 Å². The maximum atomic E-state index is 14.1. The molecule has 0 unspecified atom stereocenters. The van der Waals surface area contributed by atoms with Crippen LogP contribution in [-0.2, 0) is 17.8 Å². The van der Waals surface area contributed by atoms with Gasteiger partial charge in [0.25, 0.3) is 5.56 Å². The number of rotatable bonds is 7. The molecule has 1 saturated heterocycles. The van der Waals surface area contributed by atoms with E-state index >= 15 is 0 Å². The van der Waals surface area contributed by atoms with Crippen molar-refractivity contribution in [2.75, 3.05) is 23.8 Å². The van der Waals surface area contributed by atoms with Crippen LogP contribution in [0.1, 0.15) is 11.3 Å². The number of nitriles is 1. The summed E-state index contributed by atoms with van der Waals surface area (Å²) in [5.74, 6) is 3.61. The molecule has 0 saturated carbocycles. The number of likely N-dealkylation sites (tertiary alicyclic amines) is 1. The van der Waals surface area contributed by atoms with E-state index in [4.69, 9.17) is 11.6 Å². The third-order valence-corrected chi connectivity index (χ3v) is 5.94. The Hall–Kier alpha value is -4.33. The summed E-state index contributed by atoms with van der Waals surface area (Å²) in [5, 5.41) is 10.1. The predicted octanol–water partition coefficient (Wildman–Crippen LogP) is 1.82. The van der Waals surface area contributed by atoms with Crippen molar-refractivity contribution in [3.63, 3.8) is 0 Å². The molecule has 39 heavy (non-hydrogen) atoms. The summed E-state index contributed by atoms with van der Waals surface area (Å²) >= 11 is 0. The van der Waals surface area contributed by atoms with E-state index in [2.05, 4.69) is 9.72 Å². The first-order valence-electron chi connectivity index (χ1n) is 11.2. The van der Waals surface area contributed by atoms with E-state index in [-0.39, 0.29) is 42.4 Å². The second-order valence-corrected chi connectivity index (χ2v) is 8.76. The van der Waals surface area contributed by atoms with Crippen LogP contribution in [0.5, 0.6) is 0 Å². The Bertz CT molecular complexity index is 1570. The van der Waals surface area contributed by atoms with Crippen LogP contribution in [0.4, 0.5) is 39.0 Å². The van der Waals surface area contributed by atoms with Crippen LogP contribution in [0.3, 0.4) is 0 Å². The van der Waals surface area contributed by atoms with Crippen LogP contribution in [0.15, 0.2) is 40.2 Å². The topological polar surface area (TPSA) is 148 Å². The summed E-state index contributed by atoms with van der Waals surface area (Å²) in [6.45, 7) is 0.317. The molecule has 0 aliphatic carbocycles. The predicted molar refractivity (Wildman–Crippen MR) is 128 cm³/mol. The molecule has 4 rings (SSSR count). The van der Waals surface area contributed by atoms with Crippen molar-refractivity contribution < 1.29 is 26.7 Å². The Morgan fingerprint density at radius 3 is 2.46 bits per heavy atom. The van der Waals surface area contributed by atoms with Gasteiger partial charge >= 0.3 is 12.1 Å². The van der Waals surface area contributed by atoms with Gasteiger partial charge < -0.3 is 5.73 Å². The lowest BCUT2D eigenvalue weighted by Crippen LogP contribution is -2.54. The number of ether oxygens (including phenoxy) is 1. The second-order valence-electron chi connectivity index (χ2n) is 8.76. The molecule has 0 radical (unpaired) electrons. The minimum atomic E-state index is -4.86. The first-order valence-corrected chi connectivity index (χ1v) is 11.2. The molecular weight excluding hydrogens is 531 g/mol. The third kappa shape index (κ3) is 5.60. The fraction of sp³-hybridized carbons (Fsp3) is 0.304. The number of alkyl halides is 3. The average Bonchev–Trinajstić information content (AvgIpc) is 2.81. The molecule has 11 nitrogen and oxygen atoms in total. The lowest BCUT2D eigenvalue weighted by atomic mass is 10.1. The number of nitrogen functional groups attached to an aromatic ring is 1. The largest absolute Gasteiger partial charge is 0.522 e. The van der Waals surface area contributed by atoms with Gasteiger partial charge in [0.05, 0.1) is 41.1 Å². The highest BCUT2D eigenvalue weighted by Gasteiger charge is 2.40. The third-order valence-electron chi connectivity index (χ3n) is 5.94. The lowest BCUT2D eigenvalue weighted by molar-refractivity contribution is -0.355.